The third kappa shape index (κ3) is 3.94. The van der Waals surface area contributed by atoms with Gasteiger partial charge in [0.05, 0.1) is 6.54 Å². The zero-order valence-electron chi connectivity index (χ0n) is 12.8. The third-order valence-electron chi connectivity index (χ3n) is 3.01. The molecule has 0 unspecified atom stereocenters. The Bertz CT molecular complexity index is 606. The van der Waals surface area contributed by atoms with Gasteiger partial charge in [-0.05, 0) is 27.2 Å². The molecule has 0 saturated heterocycles. The van der Waals surface area contributed by atoms with Crippen LogP contribution in [0, 0.1) is 6.92 Å². The SMILES string of the molecule is CCCn1cc(S(=O)(=O)N(CC(N)=NO)C(C)C)nc1C. The number of imidazole rings is 1. The smallest absolute Gasteiger partial charge is 0.262 e. The molecule has 1 aromatic heterocycles. The molecule has 0 spiro atoms. The summed E-state index contributed by atoms with van der Waals surface area (Å²) in [4.78, 5) is 4.13. The maximum Gasteiger partial charge on any atom is 0.262 e. The minimum absolute atomic E-state index is 0.0205. The van der Waals surface area contributed by atoms with Crippen LogP contribution in [0.15, 0.2) is 16.4 Å². The zero-order valence-corrected chi connectivity index (χ0v) is 13.6. The van der Waals surface area contributed by atoms with Crippen molar-refractivity contribution >= 4 is 15.9 Å². The minimum atomic E-state index is -3.80. The summed E-state index contributed by atoms with van der Waals surface area (Å²) < 4.78 is 28.3. The predicted octanol–water partition coefficient (Wildman–Crippen LogP) is 0.747. The summed E-state index contributed by atoms with van der Waals surface area (Å²) in [7, 11) is -3.80. The summed E-state index contributed by atoms with van der Waals surface area (Å²) >= 11 is 0. The summed E-state index contributed by atoms with van der Waals surface area (Å²) in [6.07, 6.45) is 2.41. The second-order valence-electron chi connectivity index (χ2n) is 5.06. The first-order valence-electron chi connectivity index (χ1n) is 6.76. The van der Waals surface area contributed by atoms with Crippen LogP contribution in [0.1, 0.15) is 33.0 Å². The van der Waals surface area contributed by atoms with Crippen molar-refractivity contribution < 1.29 is 13.6 Å². The van der Waals surface area contributed by atoms with Gasteiger partial charge in [0.1, 0.15) is 5.82 Å². The van der Waals surface area contributed by atoms with Gasteiger partial charge in [0, 0.05) is 18.8 Å². The monoisotopic (exact) mass is 317 g/mol. The number of hydrogen-bond donors (Lipinski definition) is 2. The van der Waals surface area contributed by atoms with E-state index in [1.54, 1.807) is 25.3 Å². The Labute approximate surface area is 125 Å². The average molecular weight is 317 g/mol. The first-order valence-corrected chi connectivity index (χ1v) is 8.20. The molecule has 0 aromatic carbocycles. The Morgan fingerprint density at radius 1 is 1.57 bits per heavy atom. The molecule has 0 amide bonds. The lowest BCUT2D eigenvalue weighted by Crippen LogP contribution is -2.42. The molecule has 9 heteroatoms. The van der Waals surface area contributed by atoms with Crippen LogP contribution in [0.5, 0.6) is 0 Å². The Morgan fingerprint density at radius 2 is 2.19 bits per heavy atom. The molecule has 1 rings (SSSR count). The van der Waals surface area contributed by atoms with E-state index in [0.717, 1.165) is 10.7 Å². The molecule has 1 aromatic rings. The second kappa shape index (κ2) is 6.90. The van der Waals surface area contributed by atoms with Crippen LogP contribution in [0.3, 0.4) is 0 Å². The molecule has 21 heavy (non-hydrogen) atoms. The number of aromatic nitrogens is 2. The van der Waals surface area contributed by atoms with Crippen molar-refractivity contribution in [3.05, 3.63) is 12.0 Å². The third-order valence-corrected chi connectivity index (χ3v) is 4.91. The maximum atomic E-state index is 12.7. The first-order chi connectivity index (χ1) is 9.73. The van der Waals surface area contributed by atoms with Crippen LogP contribution in [0.4, 0.5) is 0 Å². The standard InChI is InChI=1S/C12H23N5O3S/c1-5-6-16-8-12(14-10(16)4)21(19,20)17(9(2)3)7-11(13)15-18/h8-9,18H,5-7H2,1-4H3,(H2,13,15). The van der Waals surface area contributed by atoms with Gasteiger partial charge in [0.15, 0.2) is 10.9 Å². The van der Waals surface area contributed by atoms with Gasteiger partial charge in [-0.15, -0.1) is 0 Å². The van der Waals surface area contributed by atoms with E-state index in [-0.39, 0.29) is 23.4 Å². The molecule has 0 aliphatic rings. The number of oxime groups is 1. The Balaban J connectivity index is 3.20. The Morgan fingerprint density at radius 3 is 2.67 bits per heavy atom. The van der Waals surface area contributed by atoms with Gasteiger partial charge in [-0.2, -0.15) is 4.31 Å². The van der Waals surface area contributed by atoms with Gasteiger partial charge in [-0.1, -0.05) is 12.1 Å². The van der Waals surface area contributed by atoms with E-state index >= 15 is 0 Å². The molecule has 120 valence electrons. The van der Waals surface area contributed by atoms with Gasteiger partial charge in [-0.25, -0.2) is 13.4 Å². The fourth-order valence-electron chi connectivity index (χ4n) is 1.93. The van der Waals surface area contributed by atoms with Gasteiger partial charge < -0.3 is 15.5 Å². The van der Waals surface area contributed by atoms with Gasteiger partial charge in [0.25, 0.3) is 10.0 Å². The Hall–Kier alpha value is -1.61. The molecule has 0 aliphatic heterocycles. The summed E-state index contributed by atoms with van der Waals surface area (Å²) in [5, 5.41) is 11.5. The number of rotatable bonds is 7. The molecule has 0 fully saturated rings. The number of nitrogens with two attached hydrogens (primary N) is 1. The fourth-order valence-corrected chi connectivity index (χ4v) is 3.53. The Kier molecular flexibility index (Phi) is 5.73. The van der Waals surface area contributed by atoms with Crippen LogP contribution < -0.4 is 5.73 Å². The molecule has 0 bridgehead atoms. The van der Waals surface area contributed by atoms with Gasteiger partial charge in [0.2, 0.25) is 0 Å². The molecule has 3 N–H and O–H groups in total. The van der Waals surface area contributed by atoms with Crippen LogP contribution >= 0.6 is 0 Å². The van der Waals surface area contributed by atoms with Crippen molar-refractivity contribution in [1.82, 2.24) is 13.9 Å². The second-order valence-corrected chi connectivity index (χ2v) is 6.89. The molecule has 0 saturated carbocycles. The summed E-state index contributed by atoms with van der Waals surface area (Å²) in [5.74, 6) is 0.472. The maximum absolute atomic E-state index is 12.7. The lowest BCUT2D eigenvalue weighted by atomic mass is 10.4. The van der Waals surface area contributed by atoms with Crippen LogP contribution in [0.2, 0.25) is 0 Å². The van der Waals surface area contributed by atoms with Crippen molar-refractivity contribution in [2.75, 3.05) is 6.54 Å². The van der Waals surface area contributed by atoms with E-state index in [0.29, 0.717) is 12.4 Å². The normalized spacial score (nSPS) is 13.3. The van der Waals surface area contributed by atoms with Crippen molar-refractivity contribution in [1.29, 1.82) is 0 Å². The van der Waals surface area contributed by atoms with Crippen molar-refractivity contribution in [3.8, 4) is 0 Å². The van der Waals surface area contributed by atoms with Crippen LogP contribution in [0.25, 0.3) is 0 Å². The number of nitrogens with zero attached hydrogens (tertiary/aromatic N) is 4. The number of aryl methyl sites for hydroxylation is 2. The summed E-state index contributed by atoms with van der Waals surface area (Å²) in [6.45, 7) is 7.73. The van der Waals surface area contributed by atoms with E-state index in [1.807, 2.05) is 6.92 Å². The number of sulfonamides is 1. The highest BCUT2D eigenvalue weighted by Crippen LogP contribution is 2.18. The minimum Gasteiger partial charge on any atom is -0.409 e. The summed E-state index contributed by atoms with van der Waals surface area (Å²) in [6, 6.07) is -0.341. The number of amidine groups is 1. The molecule has 0 radical (unpaired) electrons. The lowest BCUT2D eigenvalue weighted by Gasteiger charge is -2.24. The molecule has 8 nitrogen and oxygen atoms in total. The molecule has 0 aliphatic carbocycles. The topological polar surface area (TPSA) is 114 Å². The highest BCUT2D eigenvalue weighted by atomic mass is 32.2. The van der Waals surface area contributed by atoms with Crippen molar-refractivity contribution in [2.24, 2.45) is 10.9 Å². The highest BCUT2D eigenvalue weighted by Gasteiger charge is 2.30. The average Bonchev–Trinajstić information content (AvgIpc) is 2.78. The van der Waals surface area contributed by atoms with Crippen LogP contribution in [-0.4, -0.2) is 45.9 Å². The van der Waals surface area contributed by atoms with E-state index in [1.165, 1.54) is 6.20 Å². The largest absolute Gasteiger partial charge is 0.409 e. The predicted molar refractivity (Wildman–Crippen MR) is 79.7 cm³/mol. The molecule has 1 heterocycles. The molecular formula is C12H23N5O3S. The van der Waals surface area contributed by atoms with E-state index in [9.17, 15) is 8.42 Å². The first kappa shape index (κ1) is 17.4. The van der Waals surface area contributed by atoms with E-state index < -0.39 is 10.0 Å². The van der Waals surface area contributed by atoms with Crippen molar-refractivity contribution in [3.63, 3.8) is 0 Å². The summed E-state index contributed by atoms with van der Waals surface area (Å²) in [5.41, 5.74) is 5.44. The quantitative estimate of drug-likeness (QED) is 0.333. The van der Waals surface area contributed by atoms with Crippen molar-refractivity contribution in [2.45, 2.75) is 51.7 Å². The van der Waals surface area contributed by atoms with Gasteiger partial charge in [-0.3, -0.25) is 0 Å². The zero-order chi connectivity index (χ0) is 16.2. The molecule has 0 atom stereocenters. The van der Waals surface area contributed by atoms with E-state index in [4.69, 9.17) is 10.9 Å². The van der Waals surface area contributed by atoms with E-state index in [2.05, 4.69) is 10.1 Å². The fraction of sp³-hybridized carbons (Fsp3) is 0.667. The van der Waals surface area contributed by atoms with Gasteiger partial charge >= 0.3 is 0 Å². The van der Waals surface area contributed by atoms with Crippen LogP contribution in [-0.2, 0) is 16.6 Å². The number of hydrogen-bond acceptors (Lipinski definition) is 5. The lowest BCUT2D eigenvalue weighted by molar-refractivity contribution is 0.312. The highest BCUT2D eigenvalue weighted by molar-refractivity contribution is 7.89. The molecular weight excluding hydrogens is 294 g/mol.